The largest absolute Gasteiger partial charge is 0.271 e. The third kappa shape index (κ3) is 2.80. The number of halogens is 1. The lowest BCUT2D eigenvalue weighted by Gasteiger charge is -2.24. The topological polar surface area (TPSA) is 38.0 Å². The number of aryl methyl sites for hydroxylation is 1. The van der Waals surface area contributed by atoms with Crippen molar-refractivity contribution in [3.05, 3.63) is 69.7 Å². The van der Waals surface area contributed by atoms with Crippen molar-refractivity contribution < 1.29 is 0 Å². The molecular formula is C17H19BrN2. The van der Waals surface area contributed by atoms with Gasteiger partial charge in [0.05, 0.1) is 0 Å². The monoisotopic (exact) mass is 330 g/mol. The summed E-state index contributed by atoms with van der Waals surface area (Å²) in [6, 6.07) is 17.5. The summed E-state index contributed by atoms with van der Waals surface area (Å²) in [4.78, 5) is 0. The zero-order valence-electron chi connectivity index (χ0n) is 11.4. The maximum absolute atomic E-state index is 5.83. The molecule has 0 radical (unpaired) electrons. The average molecular weight is 331 g/mol. The fraction of sp³-hybridized carbons (Fsp3) is 0.294. The van der Waals surface area contributed by atoms with Crippen molar-refractivity contribution in [2.24, 2.45) is 5.84 Å². The first kappa shape index (κ1) is 13.8. The molecule has 0 amide bonds. The Morgan fingerprint density at radius 3 is 2.65 bits per heavy atom. The fourth-order valence-corrected chi connectivity index (χ4v) is 3.46. The molecule has 0 spiro atoms. The summed E-state index contributed by atoms with van der Waals surface area (Å²) in [6.45, 7) is 0. The van der Waals surface area contributed by atoms with E-state index in [0.29, 0.717) is 12.0 Å². The summed E-state index contributed by atoms with van der Waals surface area (Å²) in [5.74, 6) is 6.34. The predicted molar refractivity (Wildman–Crippen MR) is 86.5 cm³/mol. The minimum Gasteiger partial charge on any atom is -0.271 e. The van der Waals surface area contributed by atoms with E-state index in [1.807, 2.05) is 0 Å². The van der Waals surface area contributed by atoms with Crippen LogP contribution < -0.4 is 11.3 Å². The number of rotatable bonds is 4. The zero-order valence-corrected chi connectivity index (χ0v) is 12.9. The molecule has 1 aliphatic carbocycles. The number of fused-ring (bicyclic) bond motifs is 1. The Hall–Kier alpha value is -1.16. The summed E-state index contributed by atoms with van der Waals surface area (Å²) >= 11 is 3.48. The Kier molecular flexibility index (Phi) is 4.20. The highest BCUT2D eigenvalue weighted by Gasteiger charge is 2.28. The van der Waals surface area contributed by atoms with Crippen molar-refractivity contribution in [1.29, 1.82) is 0 Å². The van der Waals surface area contributed by atoms with Gasteiger partial charge in [-0.1, -0.05) is 52.3 Å². The molecule has 2 nitrogen and oxygen atoms in total. The highest BCUT2D eigenvalue weighted by Crippen LogP contribution is 2.36. The first-order chi connectivity index (χ1) is 9.78. The van der Waals surface area contributed by atoms with Crippen molar-refractivity contribution in [3.63, 3.8) is 0 Å². The molecule has 0 fully saturated rings. The molecule has 3 rings (SSSR count). The van der Waals surface area contributed by atoms with E-state index >= 15 is 0 Å². The molecular weight excluding hydrogens is 312 g/mol. The van der Waals surface area contributed by atoms with Crippen LogP contribution >= 0.6 is 15.9 Å². The molecule has 2 unspecified atom stereocenters. The minimum absolute atomic E-state index is 0.292. The van der Waals surface area contributed by atoms with Crippen LogP contribution in [0.4, 0.5) is 0 Å². The quantitative estimate of drug-likeness (QED) is 0.664. The van der Waals surface area contributed by atoms with Gasteiger partial charge in [0, 0.05) is 16.4 Å². The standard InChI is InChI=1S/C17H19BrN2/c18-14-8-5-12(6-9-14)11-17(20-19)16-10-7-13-3-1-2-4-15(13)16/h1-6,8-9,16-17,20H,7,10-11,19H2. The normalized spacial score (nSPS) is 18.8. The number of nitrogens with two attached hydrogens (primary N) is 1. The first-order valence-corrected chi connectivity index (χ1v) is 7.85. The first-order valence-electron chi connectivity index (χ1n) is 7.06. The smallest absolute Gasteiger partial charge is 0.0319 e. The summed E-state index contributed by atoms with van der Waals surface area (Å²) in [7, 11) is 0. The van der Waals surface area contributed by atoms with Crippen LogP contribution in [0.3, 0.4) is 0 Å². The van der Waals surface area contributed by atoms with E-state index in [1.54, 1.807) is 0 Å². The Balaban J connectivity index is 1.79. The Morgan fingerprint density at radius 1 is 1.15 bits per heavy atom. The second-order valence-electron chi connectivity index (χ2n) is 5.45. The van der Waals surface area contributed by atoms with Gasteiger partial charge in [0.15, 0.2) is 0 Å². The van der Waals surface area contributed by atoms with Gasteiger partial charge in [-0.15, -0.1) is 0 Å². The SMILES string of the molecule is NNC(Cc1ccc(Br)cc1)C1CCc2ccccc21. The molecule has 0 saturated carbocycles. The second kappa shape index (κ2) is 6.08. The van der Waals surface area contributed by atoms with E-state index in [9.17, 15) is 0 Å². The van der Waals surface area contributed by atoms with E-state index in [1.165, 1.54) is 29.5 Å². The molecule has 20 heavy (non-hydrogen) atoms. The maximum atomic E-state index is 5.83. The number of nitrogens with one attached hydrogen (secondary N) is 1. The van der Waals surface area contributed by atoms with Crippen LogP contribution in [-0.2, 0) is 12.8 Å². The van der Waals surface area contributed by atoms with Gasteiger partial charge >= 0.3 is 0 Å². The van der Waals surface area contributed by atoms with Crippen LogP contribution in [0.5, 0.6) is 0 Å². The second-order valence-corrected chi connectivity index (χ2v) is 6.36. The zero-order chi connectivity index (χ0) is 13.9. The molecule has 3 heteroatoms. The van der Waals surface area contributed by atoms with E-state index in [4.69, 9.17) is 5.84 Å². The van der Waals surface area contributed by atoms with Crippen molar-refractivity contribution in [2.45, 2.75) is 31.2 Å². The Bertz CT molecular complexity index is 580. The Labute approximate surface area is 128 Å². The van der Waals surface area contributed by atoms with Gasteiger partial charge in [-0.3, -0.25) is 11.3 Å². The molecule has 0 heterocycles. The van der Waals surface area contributed by atoms with Gasteiger partial charge in [-0.25, -0.2) is 0 Å². The lowest BCUT2D eigenvalue weighted by Crippen LogP contribution is -2.40. The minimum atomic E-state index is 0.292. The van der Waals surface area contributed by atoms with Crippen molar-refractivity contribution in [1.82, 2.24) is 5.43 Å². The molecule has 0 aliphatic heterocycles. The number of hydrazine groups is 1. The highest BCUT2D eigenvalue weighted by atomic mass is 79.9. The third-order valence-corrected chi connectivity index (χ3v) is 4.78. The highest BCUT2D eigenvalue weighted by molar-refractivity contribution is 9.10. The number of hydrogen-bond donors (Lipinski definition) is 2. The van der Waals surface area contributed by atoms with Gasteiger partial charge in [-0.2, -0.15) is 0 Å². The van der Waals surface area contributed by atoms with Gasteiger partial charge in [0.25, 0.3) is 0 Å². The summed E-state index contributed by atoms with van der Waals surface area (Å²) in [5, 5.41) is 0. The van der Waals surface area contributed by atoms with Gasteiger partial charge < -0.3 is 0 Å². The molecule has 0 bridgehead atoms. The van der Waals surface area contributed by atoms with E-state index in [0.717, 1.165) is 10.9 Å². The van der Waals surface area contributed by atoms with Gasteiger partial charge in [0.2, 0.25) is 0 Å². The predicted octanol–water partition coefficient (Wildman–Crippen LogP) is 3.55. The molecule has 2 aromatic rings. The third-order valence-electron chi connectivity index (χ3n) is 4.25. The van der Waals surface area contributed by atoms with Crippen LogP contribution in [-0.4, -0.2) is 6.04 Å². The van der Waals surface area contributed by atoms with E-state index in [-0.39, 0.29) is 0 Å². The molecule has 2 aromatic carbocycles. The lowest BCUT2D eigenvalue weighted by molar-refractivity contribution is 0.434. The average Bonchev–Trinajstić information content (AvgIpc) is 2.91. The molecule has 0 aromatic heterocycles. The summed E-state index contributed by atoms with van der Waals surface area (Å²) in [6.07, 6.45) is 3.31. The van der Waals surface area contributed by atoms with Crippen molar-refractivity contribution in [3.8, 4) is 0 Å². The molecule has 3 N–H and O–H groups in total. The molecule has 2 atom stereocenters. The number of benzene rings is 2. The van der Waals surface area contributed by atoms with Crippen LogP contribution in [0, 0.1) is 0 Å². The van der Waals surface area contributed by atoms with Crippen LogP contribution in [0.1, 0.15) is 29.0 Å². The summed E-state index contributed by atoms with van der Waals surface area (Å²) in [5.41, 5.74) is 7.30. The molecule has 104 valence electrons. The summed E-state index contributed by atoms with van der Waals surface area (Å²) < 4.78 is 1.12. The van der Waals surface area contributed by atoms with Gasteiger partial charge in [-0.05, 0) is 48.1 Å². The van der Waals surface area contributed by atoms with Crippen LogP contribution in [0.15, 0.2) is 53.0 Å². The van der Waals surface area contributed by atoms with Crippen LogP contribution in [0.25, 0.3) is 0 Å². The Morgan fingerprint density at radius 2 is 1.90 bits per heavy atom. The van der Waals surface area contributed by atoms with Crippen molar-refractivity contribution in [2.75, 3.05) is 0 Å². The van der Waals surface area contributed by atoms with Crippen molar-refractivity contribution >= 4 is 15.9 Å². The molecule has 1 aliphatic rings. The molecule has 0 saturated heterocycles. The maximum Gasteiger partial charge on any atom is 0.0319 e. The number of hydrogen-bond acceptors (Lipinski definition) is 2. The van der Waals surface area contributed by atoms with E-state index in [2.05, 4.69) is 69.9 Å². The van der Waals surface area contributed by atoms with E-state index < -0.39 is 0 Å². The lowest BCUT2D eigenvalue weighted by atomic mass is 9.89. The fourth-order valence-electron chi connectivity index (χ4n) is 3.20. The van der Waals surface area contributed by atoms with Gasteiger partial charge in [0.1, 0.15) is 0 Å². The van der Waals surface area contributed by atoms with Crippen LogP contribution in [0.2, 0.25) is 0 Å².